The van der Waals surface area contributed by atoms with Gasteiger partial charge in [0.05, 0.1) is 5.69 Å². The Morgan fingerprint density at radius 1 is 1.04 bits per heavy atom. The van der Waals surface area contributed by atoms with Gasteiger partial charge in [0.2, 0.25) is 5.78 Å². The van der Waals surface area contributed by atoms with Crippen molar-refractivity contribution in [1.82, 2.24) is 19.6 Å². The van der Waals surface area contributed by atoms with Gasteiger partial charge in [-0.1, -0.05) is 6.07 Å². The molecule has 0 aromatic carbocycles. The summed E-state index contributed by atoms with van der Waals surface area (Å²) in [6, 6.07) is 12.5. The summed E-state index contributed by atoms with van der Waals surface area (Å²) in [7, 11) is 0. The number of hydrogen-bond donors (Lipinski definition) is 1. The molecule has 1 saturated heterocycles. The molecule has 0 saturated carbocycles. The fraction of sp³-hybridized carbons (Fsp3) is 0.211. The zero-order valence-electron chi connectivity index (χ0n) is 14.1. The summed E-state index contributed by atoms with van der Waals surface area (Å²) in [6.07, 6.45) is 3.42. The highest BCUT2D eigenvalue weighted by Crippen LogP contribution is 2.18. The van der Waals surface area contributed by atoms with Gasteiger partial charge in [-0.2, -0.15) is 0 Å². The number of halogens is 1. The lowest BCUT2D eigenvalue weighted by atomic mass is 10.1. The Morgan fingerprint density at radius 3 is 2.58 bits per heavy atom. The molecule has 6 nitrogen and oxygen atoms in total. The maximum Gasteiger partial charge on any atom is 0.254 e. The molecule has 0 aliphatic carbocycles. The predicted molar refractivity (Wildman–Crippen MR) is 101 cm³/mol. The first-order chi connectivity index (χ1) is 12.2. The van der Waals surface area contributed by atoms with E-state index in [2.05, 4.69) is 10.3 Å². The van der Waals surface area contributed by atoms with Crippen molar-refractivity contribution in [2.45, 2.75) is 0 Å². The first kappa shape index (κ1) is 18.1. The summed E-state index contributed by atoms with van der Waals surface area (Å²) in [4.78, 5) is 31.7. The number of aromatic nitrogens is 2. The summed E-state index contributed by atoms with van der Waals surface area (Å²) in [5.41, 5.74) is 2.16. The number of ketones is 1. The largest absolute Gasteiger partial charge is 0.336 e. The number of pyridine rings is 2. The molecule has 7 heteroatoms. The molecule has 0 atom stereocenters. The van der Waals surface area contributed by atoms with Gasteiger partial charge in [-0.15, -0.1) is 12.4 Å². The topological polar surface area (TPSA) is 66.7 Å². The maximum absolute atomic E-state index is 12.9. The van der Waals surface area contributed by atoms with Gasteiger partial charge in [-0.3, -0.25) is 14.6 Å². The minimum atomic E-state index is -0.197. The highest BCUT2D eigenvalue weighted by molar-refractivity contribution is 6.08. The van der Waals surface area contributed by atoms with Crippen molar-refractivity contribution >= 4 is 29.6 Å². The van der Waals surface area contributed by atoms with E-state index in [1.54, 1.807) is 34.9 Å². The van der Waals surface area contributed by atoms with Crippen molar-refractivity contribution in [2.75, 3.05) is 26.2 Å². The number of carbonyl (C=O) groups excluding carboxylic acids is 2. The SMILES string of the molecule is Cl.O=C(c1ccccn1)c1cc(C(=O)N2CCNCC2)cc2cccn12. The molecule has 1 fully saturated rings. The normalized spacial score (nSPS) is 14.1. The zero-order valence-corrected chi connectivity index (χ0v) is 14.9. The van der Waals surface area contributed by atoms with Crippen LogP contribution in [0.2, 0.25) is 0 Å². The number of hydrogen-bond acceptors (Lipinski definition) is 4. The fourth-order valence-electron chi connectivity index (χ4n) is 3.13. The molecule has 0 radical (unpaired) electrons. The predicted octanol–water partition coefficient (Wildman–Crippen LogP) is 2.03. The molecule has 1 aliphatic rings. The molecule has 0 bridgehead atoms. The number of rotatable bonds is 3. The molecule has 1 aliphatic heterocycles. The second-order valence-corrected chi connectivity index (χ2v) is 6.02. The monoisotopic (exact) mass is 370 g/mol. The van der Waals surface area contributed by atoms with E-state index in [4.69, 9.17) is 0 Å². The van der Waals surface area contributed by atoms with Crippen molar-refractivity contribution in [2.24, 2.45) is 0 Å². The summed E-state index contributed by atoms with van der Waals surface area (Å²) >= 11 is 0. The van der Waals surface area contributed by atoms with Gasteiger partial charge in [-0.25, -0.2) is 0 Å². The van der Waals surface area contributed by atoms with E-state index >= 15 is 0 Å². The molecule has 26 heavy (non-hydrogen) atoms. The number of nitrogens with one attached hydrogen (secondary N) is 1. The minimum Gasteiger partial charge on any atom is -0.336 e. The molecule has 1 N–H and O–H groups in total. The molecule has 134 valence electrons. The molecule has 0 spiro atoms. The average Bonchev–Trinajstić information content (AvgIpc) is 3.16. The second kappa shape index (κ2) is 7.68. The quantitative estimate of drug-likeness (QED) is 0.716. The molecule has 3 aromatic rings. The van der Waals surface area contributed by atoms with Gasteiger partial charge in [0, 0.05) is 49.7 Å². The molecule has 4 rings (SSSR count). The zero-order chi connectivity index (χ0) is 17.2. The number of carbonyl (C=O) groups is 2. The third kappa shape index (κ3) is 3.34. The smallest absolute Gasteiger partial charge is 0.254 e. The third-order valence-corrected chi connectivity index (χ3v) is 4.42. The first-order valence-electron chi connectivity index (χ1n) is 8.31. The Kier molecular flexibility index (Phi) is 5.35. The molecular weight excluding hydrogens is 352 g/mol. The summed E-state index contributed by atoms with van der Waals surface area (Å²) in [5.74, 6) is -0.239. The Balaban J connectivity index is 0.00000196. The van der Waals surface area contributed by atoms with Crippen LogP contribution < -0.4 is 5.32 Å². The van der Waals surface area contributed by atoms with E-state index in [0.717, 1.165) is 18.6 Å². The molecule has 3 aromatic heterocycles. The average molecular weight is 371 g/mol. The Morgan fingerprint density at radius 2 is 1.85 bits per heavy atom. The highest BCUT2D eigenvalue weighted by Gasteiger charge is 2.21. The summed E-state index contributed by atoms with van der Waals surface area (Å²) < 4.78 is 1.80. The van der Waals surface area contributed by atoms with E-state index in [0.29, 0.717) is 30.0 Å². The standard InChI is InChI=1S/C19H18N4O2.ClH/c24-18(16-5-1-2-6-21-16)17-13-14(12-15-4-3-9-23(15)17)19(25)22-10-7-20-8-11-22;/h1-6,9,12-13,20H,7-8,10-11H2;1H. The van der Waals surface area contributed by atoms with Crippen LogP contribution >= 0.6 is 12.4 Å². The Hall–Kier alpha value is -2.70. The number of fused-ring (bicyclic) bond motifs is 1. The van der Waals surface area contributed by atoms with Crippen LogP contribution in [0.25, 0.3) is 5.52 Å². The van der Waals surface area contributed by atoms with Crippen LogP contribution in [0, 0.1) is 0 Å². The van der Waals surface area contributed by atoms with Crippen molar-refractivity contribution in [3.8, 4) is 0 Å². The van der Waals surface area contributed by atoms with Crippen molar-refractivity contribution in [3.63, 3.8) is 0 Å². The van der Waals surface area contributed by atoms with Gasteiger partial charge < -0.3 is 14.6 Å². The lowest BCUT2D eigenvalue weighted by Crippen LogP contribution is -2.46. The van der Waals surface area contributed by atoms with Crippen molar-refractivity contribution in [1.29, 1.82) is 0 Å². The molecular formula is C19H19ClN4O2. The molecule has 4 heterocycles. The lowest BCUT2D eigenvalue weighted by molar-refractivity contribution is 0.0736. The van der Waals surface area contributed by atoms with Gasteiger partial charge in [-0.05, 0) is 36.4 Å². The van der Waals surface area contributed by atoms with Crippen molar-refractivity contribution in [3.05, 3.63) is 71.8 Å². The highest BCUT2D eigenvalue weighted by atomic mass is 35.5. The molecule has 0 unspecified atom stereocenters. The number of piperazine rings is 1. The van der Waals surface area contributed by atoms with E-state index in [9.17, 15) is 9.59 Å². The summed E-state index contributed by atoms with van der Waals surface area (Å²) in [5, 5.41) is 3.24. The second-order valence-electron chi connectivity index (χ2n) is 6.02. The van der Waals surface area contributed by atoms with Gasteiger partial charge in [0.15, 0.2) is 0 Å². The minimum absolute atomic E-state index is 0. The van der Waals surface area contributed by atoms with Crippen LogP contribution in [-0.4, -0.2) is 52.2 Å². The van der Waals surface area contributed by atoms with Crippen LogP contribution in [0.3, 0.4) is 0 Å². The van der Waals surface area contributed by atoms with E-state index in [1.165, 1.54) is 0 Å². The van der Waals surface area contributed by atoms with Crippen LogP contribution in [0.5, 0.6) is 0 Å². The Bertz CT molecular complexity index is 933. The third-order valence-electron chi connectivity index (χ3n) is 4.42. The van der Waals surface area contributed by atoms with Crippen LogP contribution in [-0.2, 0) is 0 Å². The van der Waals surface area contributed by atoms with Gasteiger partial charge in [0.1, 0.15) is 5.69 Å². The number of nitrogens with zero attached hydrogens (tertiary/aromatic N) is 3. The maximum atomic E-state index is 12.9. The van der Waals surface area contributed by atoms with E-state index < -0.39 is 0 Å². The first-order valence-corrected chi connectivity index (χ1v) is 8.31. The van der Waals surface area contributed by atoms with Crippen molar-refractivity contribution < 1.29 is 9.59 Å². The lowest BCUT2D eigenvalue weighted by Gasteiger charge is -2.27. The number of amides is 1. The van der Waals surface area contributed by atoms with Crippen LogP contribution in [0.4, 0.5) is 0 Å². The van der Waals surface area contributed by atoms with Crippen LogP contribution in [0.15, 0.2) is 54.9 Å². The van der Waals surface area contributed by atoms with Crippen LogP contribution in [0.1, 0.15) is 26.5 Å². The fourth-order valence-corrected chi connectivity index (χ4v) is 3.13. The van der Waals surface area contributed by atoms with Gasteiger partial charge in [0.25, 0.3) is 5.91 Å². The van der Waals surface area contributed by atoms with E-state index in [-0.39, 0.29) is 24.1 Å². The Labute approximate surface area is 157 Å². The van der Waals surface area contributed by atoms with Gasteiger partial charge >= 0.3 is 0 Å². The van der Waals surface area contributed by atoms with E-state index in [1.807, 2.05) is 29.3 Å². The molecule has 1 amide bonds. The summed E-state index contributed by atoms with van der Waals surface area (Å²) in [6.45, 7) is 2.93.